The lowest BCUT2D eigenvalue weighted by molar-refractivity contribution is 0.238. The molecule has 0 unspecified atom stereocenters. The van der Waals surface area contributed by atoms with Gasteiger partial charge in [0.15, 0.2) is 5.16 Å². The normalized spacial score (nSPS) is 14.8. The Labute approximate surface area is 129 Å². The molecule has 0 saturated heterocycles. The third-order valence-electron chi connectivity index (χ3n) is 3.76. The van der Waals surface area contributed by atoms with Gasteiger partial charge in [0.1, 0.15) is 5.75 Å². The summed E-state index contributed by atoms with van der Waals surface area (Å²) in [6, 6.07) is 8.21. The second kappa shape index (κ2) is 6.45. The third-order valence-corrected chi connectivity index (χ3v) is 4.32. The zero-order valence-corrected chi connectivity index (χ0v) is 13.2. The number of benzene rings is 1. The number of thioether (sulfide) groups is 1. The van der Waals surface area contributed by atoms with Crippen molar-refractivity contribution in [2.45, 2.75) is 24.7 Å². The second-order valence-electron chi connectivity index (χ2n) is 5.10. The fourth-order valence-electron chi connectivity index (χ4n) is 2.66. The molecule has 0 aliphatic carbocycles. The summed E-state index contributed by atoms with van der Waals surface area (Å²) in [5.41, 5.74) is 3.67. The maximum Gasteiger partial charge on any atom is 0.187 e. The summed E-state index contributed by atoms with van der Waals surface area (Å²) in [5, 5.41) is 0.868. The van der Waals surface area contributed by atoms with Crippen LogP contribution in [0.1, 0.15) is 16.8 Å². The second-order valence-corrected chi connectivity index (χ2v) is 5.87. The van der Waals surface area contributed by atoms with Crippen LogP contribution in [0, 0.1) is 0 Å². The van der Waals surface area contributed by atoms with Gasteiger partial charge < -0.3 is 4.74 Å². The first kappa shape index (κ1) is 14.4. The van der Waals surface area contributed by atoms with Crippen LogP contribution in [0.5, 0.6) is 5.75 Å². The van der Waals surface area contributed by atoms with E-state index in [0.717, 1.165) is 37.0 Å². The van der Waals surface area contributed by atoms with Crippen LogP contribution in [-0.4, -0.2) is 34.8 Å². The monoisotopic (exact) mass is 301 g/mol. The molecule has 0 N–H and O–H groups in total. The van der Waals surface area contributed by atoms with Gasteiger partial charge in [-0.1, -0.05) is 30.0 Å². The Balaban J connectivity index is 1.74. The van der Waals surface area contributed by atoms with Crippen LogP contribution >= 0.6 is 11.8 Å². The van der Waals surface area contributed by atoms with Gasteiger partial charge in [0.25, 0.3) is 0 Å². The van der Waals surface area contributed by atoms with E-state index in [0.29, 0.717) is 0 Å². The topological polar surface area (TPSA) is 38.2 Å². The molecule has 1 aliphatic heterocycles. The number of rotatable bonds is 4. The van der Waals surface area contributed by atoms with Gasteiger partial charge in [-0.05, 0) is 12.3 Å². The highest BCUT2D eigenvalue weighted by Gasteiger charge is 2.19. The Morgan fingerprint density at radius 2 is 2.19 bits per heavy atom. The van der Waals surface area contributed by atoms with Crippen LogP contribution in [-0.2, 0) is 19.5 Å². The number of ether oxygens (including phenoxy) is 1. The predicted molar refractivity (Wildman–Crippen MR) is 84.6 cm³/mol. The number of fused-ring (bicyclic) bond motifs is 1. The molecule has 110 valence electrons. The molecule has 1 aromatic carbocycles. The molecular formula is C16H19N3OS. The summed E-state index contributed by atoms with van der Waals surface area (Å²) < 4.78 is 5.43. The first-order chi connectivity index (χ1) is 10.3. The van der Waals surface area contributed by atoms with Gasteiger partial charge in [0.2, 0.25) is 0 Å². The van der Waals surface area contributed by atoms with Crippen molar-refractivity contribution < 1.29 is 4.74 Å². The lowest BCUT2D eigenvalue weighted by Crippen LogP contribution is -2.31. The molecule has 0 saturated carbocycles. The highest BCUT2D eigenvalue weighted by Crippen LogP contribution is 2.24. The first-order valence-corrected chi connectivity index (χ1v) is 8.25. The van der Waals surface area contributed by atoms with Crippen LogP contribution < -0.4 is 4.74 Å². The van der Waals surface area contributed by atoms with E-state index in [4.69, 9.17) is 4.74 Å². The van der Waals surface area contributed by atoms with Gasteiger partial charge in [-0.25, -0.2) is 9.97 Å². The van der Waals surface area contributed by atoms with Crippen molar-refractivity contribution >= 4 is 11.8 Å². The van der Waals surface area contributed by atoms with Gasteiger partial charge in [0, 0.05) is 43.4 Å². The van der Waals surface area contributed by atoms with Crippen molar-refractivity contribution in [2.75, 3.05) is 19.9 Å². The van der Waals surface area contributed by atoms with Crippen molar-refractivity contribution in [2.24, 2.45) is 0 Å². The Morgan fingerprint density at radius 1 is 1.33 bits per heavy atom. The molecular weight excluding hydrogens is 282 g/mol. The number of hydrogen-bond acceptors (Lipinski definition) is 5. The highest BCUT2D eigenvalue weighted by molar-refractivity contribution is 7.98. The van der Waals surface area contributed by atoms with E-state index < -0.39 is 0 Å². The average Bonchev–Trinajstić information content (AvgIpc) is 2.55. The Bertz CT molecular complexity index is 633. The molecule has 0 spiro atoms. The summed E-state index contributed by atoms with van der Waals surface area (Å²) in [7, 11) is 1.72. The van der Waals surface area contributed by atoms with Crippen LogP contribution in [0.15, 0.2) is 35.6 Å². The zero-order chi connectivity index (χ0) is 14.7. The third kappa shape index (κ3) is 3.19. The molecule has 0 amide bonds. The average molecular weight is 301 g/mol. The van der Waals surface area contributed by atoms with E-state index in [1.165, 1.54) is 16.8 Å². The zero-order valence-electron chi connectivity index (χ0n) is 12.4. The van der Waals surface area contributed by atoms with Crippen LogP contribution in [0.2, 0.25) is 0 Å². The maximum absolute atomic E-state index is 5.43. The van der Waals surface area contributed by atoms with Crippen molar-refractivity contribution in [3.8, 4) is 5.75 Å². The lowest BCUT2D eigenvalue weighted by Gasteiger charge is -2.28. The van der Waals surface area contributed by atoms with Gasteiger partial charge in [-0.2, -0.15) is 0 Å². The Hall–Kier alpha value is -1.59. The SMILES string of the molecule is COc1ccccc1CN1CCc2nc(SC)ncc2C1. The molecule has 2 heterocycles. The first-order valence-electron chi connectivity index (χ1n) is 7.03. The number of methoxy groups -OCH3 is 1. The van der Waals surface area contributed by atoms with E-state index in [2.05, 4.69) is 27.0 Å². The van der Waals surface area contributed by atoms with E-state index in [1.54, 1.807) is 18.9 Å². The van der Waals surface area contributed by atoms with Crippen molar-refractivity contribution in [1.82, 2.24) is 14.9 Å². The minimum atomic E-state index is 0.868. The minimum Gasteiger partial charge on any atom is -0.496 e. The molecule has 0 bridgehead atoms. The summed E-state index contributed by atoms with van der Waals surface area (Å²) in [6.07, 6.45) is 4.97. The summed E-state index contributed by atoms with van der Waals surface area (Å²) in [5.74, 6) is 0.956. The van der Waals surface area contributed by atoms with Crippen molar-refractivity contribution in [3.63, 3.8) is 0 Å². The molecule has 4 nitrogen and oxygen atoms in total. The molecule has 3 rings (SSSR count). The maximum atomic E-state index is 5.43. The summed E-state index contributed by atoms with van der Waals surface area (Å²) in [6.45, 7) is 2.83. The van der Waals surface area contributed by atoms with Crippen LogP contribution in [0.3, 0.4) is 0 Å². The lowest BCUT2D eigenvalue weighted by atomic mass is 10.1. The minimum absolute atomic E-state index is 0.868. The van der Waals surface area contributed by atoms with Gasteiger partial charge in [-0.3, -0.25) is 4.90 Å². The number of hydrogen-bond donors (Lipinski definition) is 0. The highest BCUT2D eigenvalue weighted by atomic mass is 32.2. The number of para-hydroxylation sites is 1. The van der Waals surface area contributed by atoms with E-state index >= 15 is 0 Å². The van der Waals surface area contributed by atoms with Crippen LogP contribution in [0.25, 0.3) is 0 Å². The Kier molecular flexibility index (Phi) is 4.41. The predicted octanol–water partition coefficient (Wildman–Crippen LogP) is 2.77. The fraction of sp³-hybridized carbons (Fsp3) is 0.375. The molecule has 1 aromatic heterocycles. The van der Waals surface area contributed by atoms with Crippen molar-refractivity contribution in [3.05, 3.63) is 47.3 Å². The van der Waals surface area contributed by atoms with E-state index in [9.17, 15) is 0 Å². The standard InChI is InChI=1S/C16H19N3OS/c1-20-15-6-4-3-5-12(15)10-19-8-7-14-13(11-19)9-17-16(18-14)21-2/h3-6,9H,7-8,10-11H2,1-2H3. The van der Waals surface area contributed by atoms with Crippen LogP contribution in [0.4, 0.5) is 0 Å². The number of nitrogens with zero attached hydrogens (tertiary/aromatic N) is 3. The van der Waals surface area contributed by atoms with Gasteiger partial charge in [-0.15, -0.1) is 0 Å². The Morgan fingerprint density at radius 3 is 3.00 bits per heavy atom. The molecule has 5 heteroatoms. The van der Waals surface area contributed by atoms with E-state index in [1.807, 2.05) is 24.6 Å². The quantitative estimate of drug-likeness (QED) is 0.641. The molecule has 0 radical (unpaired) electrons. The molecule has 0 fully saturated rings. The summed E-state index contributed by atoms with van der Waals surface area (Å²) >= 11 is 1.60. The fourth-order valence-corrected chi connectivity index (χ4v) is 3.02. The molecule has 1 aliphatic rings. The molecule has 0 atom stereocenters. The van der Waals surface area contributed by atoms with Crippen molar-refractivity contribution in [1.29, 1.82) is 0 Å². The summed E-state index contributed by atoms with van der Waals surface area (Å²) in [4.78, 5) is 11.4. The van der Waals surface area contributed by atoms with Gasteiger partial charge in [0.05, 0.1) is 12.8 Å². The van der Waals surface area contributed by atoms with E-state index in [-0.39, 0.29) is 0 Å². The van der Waals surface area contributed by atoms with Gasteiger partial charge >= 0.3 is 0 Å². The largest absolute Gasteiger partial charge is 0.496 e. The molecule has 21 heavy (non-hydrogen) atoms. The molecule has 2 aromatic rings. The number of aromatic nitrogens is 2. The smallest absolute Gasteiger partial charge is 0.187 e.